The van der Waals surface area contributed by atoms with Crippen molar-refractivity contribution < 1.29 is 14.7 Å². The number of carbonyl (C=O) groups excluding carboxylic acids is 1. The summed E-state index contributed by atoms with van der Waals surface area (Å²) in [6, 6.07) is 0. The van der Waals surface area contributed by atoms with Crippen molar-refractivity contribution in [3.63, 3.8) is 0 Å². The minimum Gasteiger partial charge on any atom is -0.476 e. The molecule has 6 heteroatoms. The molecule has 0 unspecified atom stereocenters. The smallest absolute Gasteiger partial charge is 0.356 e. The fourth-order valence-corrected chi connectivity index (χ4v) is 2.59. The molecule has 1 fully saturated rings. The molecule has 20 heavy (non-hydrogen) atoms. The standard InChI is InChI=1S/C14H21N3O3/c18-13(11-5-3-1-2-4-6-11)15-7-8-17-9-12(14(19)20)16-10-17/h9-11H,1-8H2,(H,15,18)(H,19,20). The van der Waals surface area contributed by atoms with Crippen LogP contribution in [0.2, 0.25) is 0 Å². The number of imidazole rings is 1. The predicted octanol–water partition coefficient (Wildman–Crippen LogP) is 1.67. The van der Waals surface area contributed by atoms with Gasteiger partial charge in [-0.25, -0.2) is 9.78 Å². The van der Waals surface area contributed by atoms with Crippen molar-refractivity contribution in [2.24, 2.45) is 5.92 Å². The Morgan fingerprint density at radius 3 is 2.60 bits per heavy atom. The summed E-state index contributed by atoms with van der Waals surface area (Å²) in [4.78, 5) is 26.5. The Balaban J connectivity index is 1.74. The first kappa shape index (κ1) is 14.6. The van der Waals surface area contributed by atoms with Crippen molar-refractivity contribution in [3.05, 3.63) is 18.2 Å². The van der Waals surface area contributed by atoms with Gasteiger partial charge < -0.3 is 15.0 Å². The fourth-order valence-electron chi connectivity index (χ4n) is 2.59. The van der Waals surface area contributed by atoms with Crippen LogP contribution in [0.4, 0.5) is 0 Å². The highest BCUT2D eigenvalue weighted by atomic mass is 16.4. The van der Waals surface area contributed by atoms with E-state index in [4.69, 9.17) is 5.11 Å². The van der Waals surface area contributed by atoms with Crippen LogP contribution in [-0.2, 0) is 11.3 Å². The zero-order valence-corrected chi connectivity index (χ0v) is 11.5. The van der Waals surface area contributed by atoms with Crippen molar-refractivity contribution in [1.82, 2.24) is 14.9 Å². The second-order valence-electron chi connectivity index (χ2n) is 5.28. The molecule has 0 saturated heterocycles. The quantitative estimate of drug-likeness (QED) is 0.803. The highest BCUT2D eigenvalue weighted by Gasteiger charge is 2.19. The van der Waals surface area contributed by atoms with Gasteiger partial charge in [-0.05, 0) is 12.8 Å². The van der Waals surface area contributed by atoms with Gasteiger partial charge in [0.1, 0.15) is 0 Å². The summed E-state index contributed by atoms with van der Waals surface area (Å²) >= 11 is 0. The second kappa shape index (κ2) is 7.07. The normalized spacial score (nSPS) is 16.6. The van der Waals surface area contributed by atoms with Crippen LogP contribution in [0, 0.1) is 5.92 Å². The Kier molecular flexibility index (Phi) is 5.15. The van der Waals surface area contributed by atoms with Gasteiger partial charge in [-0.15, -0.1) is 0 Å². The van der Waals surface area contributed by atoms with E-state index in [0.717, 1.165) is 25.7 Å². The van der Waals surface area contributed by atoms with Gasteiger partial charge in [0.2, 0.25) is 5.91 Å². The highest BCUT2D eigenvalue weighted by molar-refractivity contribution is 5.84. The van der Waals surface area contributed by atoms with E-state index in [9.17, 15) is 9.59 Å². The molecule has 1 aromatic rings. The third-order valence-electron chi connectivity index (χ3n) is 3.75. The van der Waals surface area contributed by atoms with Crippen LogP contribution in [0.3, 0.4) is 0 Å². The Morgan fingerprint density at radius 1 is 1.30 bits per heavy atom. The number of nitrogens with one attached hydrogen (secondary N) is 1. The van der Waals surface area contributed by atoms with E-state index in [1.54, 1.807) is 4.57 Å². The summed E-state index contributed by atoms with van der Waals surface area (Å²) in [5, 5.41) is 11.7. The molecule has 1 aromatic heterocycles. The fraction of sp³-hybridized carbons (Fsp3) is 0.643. The summed E-state index contributed by atoms with van der Waals surface area (Å²) in [5.41, 5.74) is 0.0279. The van der Waals surface area contributed by atoms with Gasteiger partial charge in [0.15, 0.2) is 5.69 Å². The van der Waals surface area contributed by atoms with E-state index < -0.39 is 5.97 Å². The lowest BCUT2D eigenvalue weighted by atomic mass is 9.99. The summed E-state index contributed by atoms with van der Waals surface area (Å²) in [7, 11) is 0. The number of aromatic nitrogens is 2. The van der Waals surface area contributed by atoms with E-state index in [2.05, 4.69) is 10.3 Å². The van der Waals surface area contributed by atoms with E-state index in [-0.39, 0.29) is 17.5 Å². The molecule has 1 amide bonds. The van der Waals surface area contributed by atoms with E-state index in [0.29, 0.717) is 13.1 Å². The number of hydrogen-bond donors (Lipinski definition) is 2. The van der Waals surface area contributed by atoms with Crippen molar-refractivity contribution in [3.8, 4) is 0 Å². The molecule has 1 aliphatic carbocycles. The van der Waals surface area contributed by atoms with Crippen molar-refractivity contribution in [2.45, 2.75) is 45.1 Å². The van der Waals surface area contributed by atoms with Crippen molar-refractivity contribution >= 4 is 11.9 Å². The lowest BCUT2D eigenvalue weighted by Crippen LogP contribution is -2.32. The molecule has 0 radical (unpaired) electrons. The van der Waals surface area contributed by atoms with Gasteiger partial charge in [0, 0.05) is 25.2 Å². The zero-order chi connectivity index (χ0) is 14.4. The molecule has 1 heterocycles. The van der Waals surface area contributed by atoms with Crippen LogP contribution >= 0.6 is 0 Å². The van der Waals surface area contributed by atoms with Crippen LogP contribution in [0.25, 0.3) is 0 Å². The van der Waals surface area contributed by atoms with E-state index >= 15 is 0 Å². The van der Waals surface area contributed by atoms with Crippen LogP contribution in [-0.4, -0.2) is 33.1 Å². The monoisotopic (exact) mass is 279 g/mol. The number of carbonyl (C=O) groups is 2. The molecule has 0 spiro atoms. The highest BCUT2D eigenvalue weighted by Crippen LogP contribution is 2.22. The summed E-state index contributed by atoms with van der Waals surface area (Å²) < 4.78 is 1.68. The van der Waals surface area contributed by atoms with E-state index in [1.165, 1.54) is 25.4 Å². The molecule has 2 rings (SSSR count). The molecule has 0 aliphatic heterocycles. The SMILES string of the molecule is O=C(O)c1cn(CCNC(=O)C2CCCCCC2)cn1. The van der Waals surface area contributed by atoms with Gasteiger partial charge in [0.25, 0.3) is 0 Å². The van der Waals surface area contributed by atoms with Crippen LogP contribution in [0.15, 0.2) is 12.5 Å². The lowest BCUT2D eigenvalue weighted by Gasteiger charge is -2.14. The van der Waals surface area contributed by atoms with Crippen LogP contribution < -0.4 is 5.32 Å². The van der Waals surface area contributed by atoms with Gasteiger partial charge >= 0.3 is 5.97 Å². The number of carboxylic acid groups (broad SMARTS) is 1. The molecular weight excluding hydrogens is 258 g/mol. The minimum atomic E-state index is -1.04. The Morgan fingerprint density at radius 2 is 2.00 bits per heavy atom. The topological polar surface area (TPSA) is 84.2 Å². The number of aromatic carboxylic acids is 1. The number of nitrogens with zero attached hydrogens (tertiary/aromatic N) is 2. The van der Waals surface area contributed by atoms with Crippen LogP contribution in [0.1, 0.15) is 49.0 Å². The summed E-state index contributed by atoms with van der Waals surface area (Å²) in [5.74, 6) is -0.758. The van der Waals surface area contributed by atoms with Crippen molar-refractivity contribution in [2.75, 3.05) is 6.54 Å². The molecule has 1 saturated carbocycles. The molecule has 1 aliphatic rings. The first-order valence-corrected chi connectivity index (χ1v) is 7.19. The Hall–Kier alpha value is -1.85. The minimum absolute atomic E-state index is 0.0279. The van der Waals surface area contributed by atoms with Gasteiger partial charge in [-0.3, -0.25) is 4.79 Å². The molecule has 6 nitrogen and oxygen atoms in total. The van der Waals surface area contributed by atoms with E-state index in [1.807, 2.05) is 0 Å². The average Bonchev–Trinajstić information content (AvgIpc) is 2.73. The maximum Gasteiger partial charge on any atom is 0.356 e. The lowest BCUT2D eigenvalue weighted by molar-refractivity contribution is -0.125. The molecule has 0 atom stereocenters. The summed E-state index contributed by atoms with van der Waals surface area (Å²) in [6.07, 6.45) is 9.66. The molecule has 110 valence electrons. The first-order valence-electron chi connectivity index (χ1n) is 7.19. The summed E-state index contributed by atoms with van der Waals surface area (Å²) in [6.45, 7) is 1.05. The Bertz CT molecular complexity index is 462. The molecular formula is C14H21N3O3. The Labute approximate surface area is 118 Å². The van der Waals surface area contributed by atoms with Gasteiger partial charge in [-0.2, -0.15) is 0 Å². The average molecular weight is 279 g/mol. The zero-order valence-electron chi connectivity index (χ0n) is 11.5. The third-order valence-corrected chi connectivity index (χ3v) is 3.75. The maximum absolute atomic E-state index is 12.0. The van der Waals surface area contributed by atoms with Crippen LogP contribution in [0.5, 0.6) is 0 Å². The van der Waals surface area contributed by atoms with Crippen molar-refractivity contribution in [1.29, 1.82) is 0 Å². The maximum atomic E-state index is 12.0. The molecule has 0 bridgehead atoms. The largest absolute Gasteiger partial charge is 0.476 e. The second-order valence-corrected chi connectivity index (χ2v) is 5.28. The number of amides is 1. The number of rotatable bonds is 5. The van der Waals surface area contributed by atoms with Gasteiger partial charge in [-0.1, -0.05) is 25.7 Å². The number of hydrogen-bond acceptors (Lipinski definition) is 3. The third kappa shape index (κ3) is 4.08. The van der Waals surface area contributed by atoms with Gasteiger partial charge in [0.05, 0.1) is 6.33 Å². The first-order chi connectivity index (χ1) is 9.66. The predicted molar refractivity (Wildman–Crippen MR) is 73.4 cm³/mol. The number of carboxylic acids is 1. The molecule has 2 N–H and O–H groups in total. The molecule has 0 aromatic carbocycles.